The molecule has 1 atom stereocenters. The van der Waals surface area contributed by atoms with Gasteiger partial charge in [-0.1, -0.05) is 12.1 Å². The Kier molecular flexibility index (Phi) is 3.71. The van der Waals surface area contributed by atoms with E-state index in [0.717, 1.165) is 12.1 Å². The summed E-state index contributed by atoms with van der Waals surface area (Å²) in [6, 6.07) is 2.56. The SMILES string of the molecule is OC[C@H](c1ccc(C(F)(F)F)cc1)C(F)(F)F. The van der Waals surface area contributed by atoms with Crippen molar-refractivity contribution in [2.24, 2.45) is 0 Å². The summed E-state index contributed by atoms with van der Waals surface area (Å²) >= 11 is 0. The maximum Gasteiger partial charge on any atom is 0.416 e. The fraction of sp³-hybridized carbons (Fsp3) is 0.400. The molecular weight excluding hydrogens is 250 g/mol. The zero-order valence-electron chi connectivity index (χ0n) is 8.31. The Balaban J connectivity index is 3.02. The molecule has 0 saturated carbocycles. The number of hydrogen-bond donors (Lipinski definition) is 1. The van der Waals surface area contributed by atoms with Gasteiger partial charge >= 0.3 is 12.4 Å². The molecule has 0 amide bonds. The third kappa shape index (κ3) is 3.36. The highest BCUT2D eigenvalue weighted by molar-refractivity contribution is 5.28. The molecule has 0 fully saturated rings. The van der Waals surface area contributed by atoms with Crippen LogP contribution in [0.2, 0.25) is 0 Å². The zero-order chi connectivity index (χ0) is 13.3. The lowest BCUT2D eigenvalue weighted by molar-refractivity contribution is -0.158. The van der Waals surface area contributed by atoms with Crippen molar-refractivity contribution in [2.45, 2.75) is 18.3 Å². The summed E-state index contributed by atoms with van der Waals surface area (Å²) in [5, 5.41) is 8.60. The third-order valence-electron chi connectivity index (χ3n) is 2.22. The molecule has 1 nitrogen and oxygen atoms in total. The van der Waals surface area contributed by atoms with Crippen molar-refractivity contribution in [1.82, 2.24) is 0 Å². The second-order valence-corrected chi connectivity index (χ2v) is 3.40. The first-order valence-electron chi connectivity index (χ1n) is 4.51. The number of benzene rings is 1. The second kappa shape index (κ2) is 4.56. The largest absolute Gasteiger partial charge is 0.416 e. The summed E-state index contributed by atoms with van der Waals surface area (Å²) in [5.74, 6) is -2.16. The Bertz CT molecular complexity index is 364. The molecule has 1 aromatic carbocycles. The number of hydrogen-bond acceptors (Lipinski definition) is 1. The Morgan fingerprint density at radius 3 is 1.71 bits per heavy atom. The highest BCUT2D eigenvalue weighted by Crippen LogP contribution is 2.36. The summed E-state index contributed by atoms with van der Waals surface area (Å²) in [4.78, 5) is 0. The van der Waals surface area contributed by atoms with Crippen LogP contribution in [0.3, 0.4) is 0 Å². The van der Waals surface area contributed by atoms with Gasteiger partial charge in [0.05, 0.1) is 12.2 Å². The number of alkyl halides is 6. The number of aliphatic hydroxyl groups excluding tert-OH is 1. The van der Waals surface area contributed by atoms with E-state index < -0.39 is 36.0 Å². The van der Waals surface area contributed by atoms with Crippen LogP contribution in [-0.4, -0.2) is 17.9 Å². The van der Waals surface area contributed by atoms with Crippen LogP contribution >= 0.6 is 0 Å². The van der Waals surface area contributed by atoms with Crippen LogP contribution in [0.1, 0.15) is 17.0 Å². The Morgan fingerprint density at radius 2 is 1.41 bits per heavy atom. The lowest BCUT2D eigenvalue weighted by Crippen LogP contribution is -2.24. The highest BCUT2D eigenvalue weighted by atomic mass is 19.4. The fourth-order valence-corrected chi connectivity index (χ4v) is 1.30. The van der Waals surface area contributed by atoms with Gasteiger partial charge in [0.1, 0.15) is 5.92 Å². The lowest BCUT2D eigenvalue weighted by Gasteiger charge is -2.18. The normalized spacial score (nSPS) is 14.8. The quantitative estimate of drug-likeness (QED) is 0.806. The molecule has 1 rings (SSSR count). The average Bonchev–Trinajstić information content (AvgIpc) is 2.16. The van der Waals surface area contributed by atoms with Gasteiger partial charge in [0.25, 0.3) is 0 Å². The standard InChI is InChI=1S/C10H8F6O/c11-9(12,13)7-3-1-6(2-4-7)8(5-17)10(14,15)16/h1-4,8,17H,5H2/t8-/m1/s1. The van der Waals surface area contributed by atoms with Gasteiger partial charge in [-0.05, 0) is 17.7 Å². The van der Waals surface area contributed by atoms with E-state index in [4.69, 9.17) is 5.11 Å². The highest BCUT2D eigenvalue weighted by Gasteiger charge is 2.40. The smallest absolute Gasteiger partial charge is 0.395 e. The topological polar surface area (TPSA) is 20.2 Å². The molecule has 0 aromatic heterocycles. The van der Waals surface area contributed by atoms with Crippen LogP contribution in [0, 0.1) is 0 Å². The van der Waals surface area contributed by atoms with Gasteiger partial charge in [-0.3, -0.25) is 0 Å². The molecule has 0 unspecified atom stereocenters. The summed E-state index contributed by atoms with van der Waals surface area (Å²) in [6.07, 6.45) is -9.28. The van der Waals surface area contributed by atoms with Gasteiger partial charge in [0.15, 0.2) is 0 Å². The van der Waals surface area contributed by atoms with Crippen LogP contribution in [0.25, 0.3) is 0 Å². The molecular formula is C10H8F6O. The lowest BCUT2D eigenvalue weighted by atomic mass is 9.98. The first-order valence-corrected chi connectivity index (χ1v) is 4.51. The Labute approximate surface area is 92.7 Å². The van der Waals surface area contributed by atoms with Crippen molar-refractivity contribution in [3.63, 3.8) is 0 Å². The van der Waals surface area contributed by atoms with Crippen LogP contribution in [0.4, 0.5) is 26.3 Å². The van der Waals surface area contributed by atoms with Crippen molar-refractivity contribution >= 4 is 0 Å². The van der Waals surface area contributed by atoms with Crippen molar-refractivity contribution in [3.05, 3.63) is 35.4 Å². The Hall–Kier alpha value is -1.24. The molecule has 0 radical (unpaired) electrons. The van der Waals surface area contributed by atoms with E-state index >= 15 is 0 Å². The van der Waals surface area contributed by atoms with E-state index in [1.165, 1.54) is 0 Å². The predicted molar refractivity (Wildman–Crippen MR) is 47.3 cm³/mol. The van der Waals surface area contributed by atoms with E-state index in [1.807, 2.05) is 0 Å². The summed E-state index contributed by atoms with van der Waals surface area (Å²) < 4.78 is 73.6. The molecule has 0 saturated heterocycles. The molecule has 0 aliphatic heterocycles. The van der Waals surface area contributed by atoms with Gasteiger partial charge < -0.3 is 5.11 Å². The van der Waals surface area contributed by atoms with Crippen molar-refractivity contribution in [1.29, 1.82) is 0 Å². The summed E-state index contributed by atoms with van der Waals surface area (Å²) in [7, 11) is 0. The molecule has 0 aliphatic carbocycles. The van der Waals surface area contributed by atoms with E-state index in [0.29, 0.717) is 12.1 Å². The number of halogens is 6. The molecule has 0 heterocycles. The van der Waals surface area contributed by atoms with Crippen molar-refractivity contribution in [2.75, 3.05) is 6.61 Å². The van der Waals surface area contributed by atoms with Gasteiger partial charge in [0.2, 0.25) is 0 Å². The van der Waals surface area contributed by atoms with Crippen LogP contribution in [0.15, 0.2) is 24.3 Å². The summed E-state index contributed by atoms with van der Waals surface area (Å²) in [6.45, 7) is -1.20. The maximum atomic E-state index is 12.4. The molecule has 1 aromatic rings. The van der Waals surface area contributed by atoms with E-state index in [9.17, 15) is 26.3 Å². The van der Waals surface area contributed by atoms with Crippen molar-refractivity contribution < 1.29 is 31.4 Å². The first-order chi connectivity index (χ1) is 7.66. The van der Waals surface area contributed by atoms with Crippen LogP contribution < -0.4 is 0 Å². The maximum absolute atomic E-state index is 12.4. The van der Waals surface area contributed by atoms with Crippen LogP contribution in [0.5, 0.6) is 0 Å². The second-order valence-electron chi connectivity index (χ2n) is 3.40. The molecule has 17 heavy (non-hydrogen) atoms. The average molecular weight is 258 g/mol. The third-order valence-corrected chi connectivity index (χ3v) is 2.22. The molecule has 0 spiro atoms. The number of aliphatic hydroxyl groups is 1. The summed E-state index contributed by atoms with van der Waals surface area (Å²) in [5.41, 5.74) is -1.42. The van der Waals surface area contributed by atoms with Gasteiger partial charge in [-0.2, -0.15) is 26.3 Å². The predicted octanol–water partition coefficient (Wildman–Crippen LogP) is 3.34. The minimum atomic E-state index is -4.69. The fourth-order valence-electron chi connectivity index (χ4n) is 1.30. The Morgan fingerprint density at radius 1 is 0.941 bits per heavy atom. The van der Waals surface area contributed by atoms with E-state index in [2.05, 4.69) is 0 Å². The van der Waals surface area contributed by atoms with E-state index in [-0.39, 0.29) is 0 Å². The monoisotopic (exact) mass is 258 g/mol. The van der Waals surface area contributed by atoms with Crippen molar-refractivity contribution in [3.8, 4) is 0 Å². The molecule has 0 aliphatic rings. The minimum Gasteiger partial charge on any atom is -0.395 e. The molecule has 7 heteroatoms. The van der Waals surface area contributed by atoms with Gasteiger partial charge in [-0.25, -0.2) is 0 Å². The molecule has 0 bridgehead atoms. The first kappa shape index (κ1) is 13.8. The van der Waals surface area contributed by atoms with Gasteiger partial charge in [-0.15, -0.1) is 0 Å². The zero-order valence-corrected chi connectivity index (χ0v) is 8.31. The molecule has 1 N–H and O–H groups in total. The van der Waals surface area contributed by atoms with Crippen LogP contribution in [-0.2, 0) is 6.18 Å². The number of rotatable bonds is 2. The van der Waals surface area contributed by atoms with E-state index in [1.54, 1.807) is 0 Å². The minimum absolute atomic E-state index is 0.395. The molecule has 96 valence electrons. The van der Waals surface area contributed by atoms with Gasteiger partial charge in [0, 0.05) is 0 Å².